The summed E-state index contributed by atoms with van der Waals surface area (Å²) in [7, 11) is 0. The molecule has 0 saturated carbocycles. The van der Waals surface area contributed by atoms with Crippen molar-refractivity contribution in [2.75, 3.05) is 12.0 Å². The molecule has 0 saturated heterocycles. The Hall–Kier alpha value is -1.03. The molecule has 0 aromatic carbocycles. The van der Waals surface area contributed by atoms with E-state index in [9.17, 15) is 0 Å². The highest BCUT2D eigenvalue weighted by molar-refractivity contribution is 5.29. The zero-order valence-electron chi connectivity index (χ0n) is 7.43. The number of nitrogens with one attached hydrogen (secondary N) is 3. The van der Waals surface area contributed by atoms with E-state index in [1.54, 1.807) is 6.20 Å². The second kappa shape index (κ2) is 5.60. The number of aromatic nitrogens is 2. The van der Waals surface area contributed by atoms with Gasteiger partial charge >= 0.3 is 0 Å². The third-order valence-electron chi connectivity index (χ3n) is 1.62. The van der Waals surface area contributed by atoms with Crippen LogP contribution in [0.1, 0.15) is 26.2 Å². The summed E-state index contributed by atoms with van der Waals surface area (Å²) < 4.78 is 0. The lowest BCUT2D eigenvalue weighted by atomic mass is 10.2. The van der Waals surface area contributed by atoms with Crippen LogP contribution in [0, 0.1) is 0 Å². The lowest BCUT2D eigenvalue weighted by molar-refractivity contribution is 0.660. The molecule has 0 spiro atoms. The van der Waals surface area contributed by atoms with E-state index in [-0.39, 0.29) is 0 Å². The predicted octanol–water partition coefficient (Wildman–Crippen LogP) is 1.52. The van der Waals surface area contributed by atoms with Crippen LogP contribution in [0.25, 0.3) is 0 Å². The first-order valence-electron chi connectivity index (χ1n) is 4.42. The van der Waals surface area contributed by atoms with Crippen LogP contribution in [0.15, 0.2) is 12.3 Å². The molecule has 1 heterocycles. The van der Waals surface area contributed by atoms with Crippen LogP contribution in [0.4, 0.5) is 5.82 Å². The number of H-pyrrole nitrogens is 1. The molecule has 4 nitrogen and oxygen atoms in total. The van der Waals surface area contributed by atoms with Crippen LogP contribution in [-0.4, -0.2) is 16.7 Å². The molecule has 0 atom stereocenters. The maximum atomic E-state index is 3.94. The second-order valence-electron chi connectivity index (χ2n) is 2.72. The van der Waals surface area contributed by atoms with Crippen LogP contribution in [0.2, 0.25) is 0 Å². The monoisotopic (exact) mass is 168 g/mol. The molecule has 0 amide bonds. The molecular formula is C8H16N4. The minimum Gasteiger partial charge on any atom is -0.304 e. The average Bonchev–Trinajstić information content (AvgIpc) is 2.57. The van der Waals surface area contributed by atoms with Crippen molar-refractivity contribution in [1.29, 1.82) is 0 Å². The minimum atomic E-state index is 0.839. The highest BCUT2D eigenvalue weighted by atomic mass is 15.4. The van der Waals surface area contributed by atoms with E-state index in [0.29, 0.717) is 0 Å². The smallest absolute Gasteiger partial charge is 0.161 e. The molecule has 0 unspecified atom stereocenters. The van der Waals surface area contributed by atoms with Crippen molar-refractivity contribution in [3.63, 3.8) is 0 Å². The molecule has 1 rings (SSSR count). The fourth-order valence-electron chi connectivity index (χ4n) is 0.946. The van der Waals surface area contributed by atoms with Crippen molar-refractivity contribution in [2.24, 2.45) is 0 Å². The van der Waals surface area contributed by atoms with E-state index in [1.807, 2.05) is 6.07 Å². The second-order valence-corrected chi connectivity index (χ2v) is 2.72. The molecule has 68 valence electrons. The Kier molecular flexibility index (Phi) is 4.23. The van der Waals surface area contributed by atoms with E-state index >= 15 is 0 Å². The lowest BCUT2D eigenvalue weighted by Gasteiger charge is -2.03. The largest absolute Gasteiger partial charge is 0.304 e. The van der Waals surface area contributed by atoms with E-state index in [2.05, 4.69) is 28.0 Å². The number of rotatable bonds is 6. The zero-order chi connectivity index (χ0) is 8.65. The Bertz CT molecular complexity index is 183. The summed E-state index contributed by atoms with van der Waals surface area (Å²) in [6.45, 7) is 3.18. The Morgan fingerprint density at radius 2 is 2.42 bits per heavy atom. The van der Waals surface area contributed by atoms with Gasteiger partial charge < -0.3 is 5.43 Å². The highest BCUT2D eigenvalue weighted by Gasteiger charge is 1.90. The van der Waals surface area contributed by atoms with Crippen LogP contribution in [0.3, 0.4) is 0 Å². The fourth-order valence-corrected chi connectivity index (χ4v) is 0.946. The van der Waals surface area contributed by atoms with Crippen molar-refractivity contribution < 1.29 is 0 Å². The SMILES string of the molecule is CCCCCNNc1cc[nH]n1. The summed E-state index contributed by atoms with van der Waals surface area (Å²) in [5.74, 6) is 0.839. The van der Waals surface area contributed by atoms with Gasteiger partial charge in [-0.05, 0) is 6.42 Å². The maximum Gasteiger partial charge on any atom is 0.161 e. The van der Waals surface area contributed by atoms with Crippen LogP contribution in [0.5, 0.6) is 0 Å². The topological polar surface area (TPSA) is 52.7 Å². The first kappa shape index (κ1) is 9.06. The number of hydrogen-bond donors (Lipinski definition) is 3. The van der Waals surface area contributed by atoms with E-state index in [1.165, 1.54) is 19.3 Å². The number of aromatic amines is 1. The summed E-state index contributed by atoms with van der Waals surface area (Å²) in [5.41, 5.74) is 6.08. The Labute approximate surface area is 72.7 Å². The average molecular weight is 168 g/mol. The Morgan fingerprint density at radius 3 is 3.08 bits per heavy atom. The number of nitrogens with zero attached hydrogens (tertiary/aromatic N) is 1. The normalized spacial score (nSPS) is 10.1. The van der Waals surface area contributed by atoms with E-state index in [4.69, 9.17) is 0 Å². The van der Waals surface area contributed by atoms with Crippen molar-refractivity contribution in [1.82, 2.24) is 15.6 Å². The molecule has 12 heavy (non-hydrogen) atoms. The molecule has 0 aliphatic rings. The molecule has 1 aromatic heterocycles. The summed E-state index contributed by atoms with van der Waals surface area (Å²) >= 11 is 0. The number of anilines is 1. The van der Waals surface area contributed by atoms with Gasteiger partial charge in [0.2, 0.25) is 0 Å². The minimum absolute atomic E-state index is 0.839. The molecule has 0 aliphatic carbocycles. The van der Waals surface area contributed by atoms with Crippen LogP contribution in [-0.2, 0) is 0 Å². The van der Waals surface area contributed by atoms with Gasteiger partial charge in [0.25, 0.3) is 0 Å². The maximum absolute atomic E-state index is 3.94. The molecule has 4 heteroatoms. The number of hydrazine groups is 1. The van der Waals surface area contributed by atoms with Crippen molar-refractivity contribution >= 4 is 5.82 Å². The van der Waals surface area contributed by atoms with Gasteiger partial charge in [-0.15, -0.1) is 0 Å². The number of unbranched alkanes of at least 4 members (excludes halogenated alkanes) is 2. The van der Waals surface area contributed by atoms with E-state index < -0.39 is 0 Å². The third-order valence-corrected chi connectivity index (χ3v) is 1.62. The van der Waals surface area contributed by atoms with Crippen molar-refractivity contribution in [3.05, 3.63) is 12.3 Å². The molecule has 0 bridgehead atoms. The molecule has 0 fully saturated rings. The van der Waals surface area contributed by atoms with Gasteiger partial charge in [0.05, 0.1) is 0 Å². The summed E-state index contributed by atoms with van der Waals surface area (Å²) in [6.07, 6.45) is 5.52. The Balaban J connectivity index is 1.96. The molecular weight excluding hydrogens is 152 g/mol. The standard InChI is InChI=1S/C8H16N4/c1-2-3-4-6-9-11-8-5-7-10-12-8/h5,7,9H,2-4,6H2,1H3,(H2,10,11,12). The molecule has 0 radical (unpaired) electrons. The zero-order valence-corrected chi connectivity index (χ0v) is 7.43. The van der Waals surface area contributed by atoms with Gasteiger partial charge in [-0.3, -0.25) is 5.10 Å². The third kappa shape index (κ3) is 3.39. The van der Waals surface area contributed by atoms with Gasteiger partial charge in [-0.25, -0.2) is 5.43 Å². The number of hydrogen-bond acceptors (Lipinski definition) is 3. The summed E-state index contributed by atoms with van der Waals surface area (Å²) in [4.78, 5) is 0. The van der Waals surface area contributed by atoms with Gasteiger partial charge in [0.15, 0.2) is 5.82 Å². The van der Waals surface area contributed by atoms with Gasteiger partial charge in [-0.2, -0.15) is 5.10 Å². The van der Waals surface area contributed by atoms with Crippen LogP contribution >= 0.6 is 0 Å². The van der Waals surface area contributed by atoms with Gasteiger partial charge in [-0.1, -0.05) is 19.8 Å². The first-order chi connectivity index (χ1) is 5.93. The highest BCUT2D eigenvalue weighted by Crippen LogP contribution is 1.95. The van der Waals surface area contributed by atoms with Gasteiger partial charge in [0, 0.05) is 18.8 Å². The summed E-state index contributed by atoms with van der Waals surface area (Å²) in [5, 5.41) is 6.66. The fraction of sp³-hybridized carbons (Fsp3) is 0.625. The first-order valence-corrected chi connectivity index (χ1v) is 4.42. The lowest BCUT2D eigenvalue weighted by Crippen LogP contribution is -2.22. The summed E-state index contributed by atoms with van der Waals surface area (Å²) in [6, 6.07) is 1.88. The molecule has 0 aliphatic heterocycles. The predicted molar refractivity (Wildman–Crippen MR) is 49.7 cm³/mol. The van der Waals surface area contributed by atoms with Crippen LogP contribution < -0.4 is 10.9 Å². The molecule has 1 aromatic rings. The van der Waals surface area contributed by atoms with Gasteiger partial charge in [0.1, 0.15) is 0 Å². The van der Waals surface area contributed by atoms with E-state index in [0.717, 1.165) is 12.4 Å². The molecule has 3 N–H and O–H groups in total. The van der Waals surface area contributed by atoms with Crippen molar-refractivity contribution in [2.45, 2.75) is 26.2 Å². The van der Waals surface area contributed by atoms with Crippen molar-refractivity contribution in [3.8, 4) is 0 Å². The quantitative estimate of drug-likeness (QED) is 0.446. The Morgan fingerprint density at radius 1 is 1.50 bits per heavy atom.